The largest absolute Gasteiger partial charge is 0.357 e. The minimum absolute atomic E-state index is 0.826. The van der Waals surface area contributed by atoms with Gasteiger partial charge in [-0.05, 0) is 12.0 Å². The number of aromatic nitrogens is 1. The lowest BCUT2D eigenvalue weighted by atomic mass is 10.1. The summed E-state index contributed by atoms with van der Waals surface area (Å²) in [6, 6.07) is 1.85. The Morgan fingerprint density at radius 3 is 2.69 bits per heavy atom. The molecular weight excluding hydrogens is 162 g/mol. The van der Waals surface area contributed by atoms with Crippen molar-refractivity contribution in [3.8, 4) is 0 Å². The van der Waals surface area contributed by atoms with Crippen LogP contribution in [0.4, 0.5) is 0 Å². The van der Waals surface area contributed by atoms with Crippen LogP contribution in [0.25, 0.3) is 5.57 Å². The van der Waals surface area contributed by atoms with E-state index in [0.717, 1.165) is 17.8 Å². The van der Waals surface area contributed by atoms with Crippen molar-refractivity contribution in [2.45, 2.75) is 27.2 Å². The van der Waals surface area contributed by atoms with Crippen LogP contribution in [0.1, 0.15) is 33.0 Å². The third kappa shape index (κ3) is 3.74. The number of rotatable bonds is 3. The molecule has 0 N–H and O–H groups in total. The van der Waals surface area contributed by atoms with Gasteiger partial charge in [0.1, 0.15) is 0 Å². The van der Waals surface area contributed by atoms with Gasteiger partial charge in [-0.15, -0.1) is 0 Å². The molecule has 1 rings (SSSR count). The minimum Gasteiger partial charge on any atom is -0.357 e. The molecule has 0 bridgehead atoms. The second-order valence-corrected chi connectivity index (χ2v) is 2.16. The van der Waals surface area contributed by atoms with E-state index in [2.05, 4.69) is 18.7 Å². The Morgan fingerprint density at radius 1 is 1.62 bits per heavy atom. The standard InChI is InChI=1S/C9H11NO.C2H6/c1-3-5-8(4-2)9-6-7-10-11-9;1-2/h3,5-7H,1,4H2,2H3;1-2H3/b8-5+;. The van der Waals surface area contributed by atoms with Crippen molar-refractivity contribution in [3.05, 3.63) is 36.8 Å². The van der Waals surface area contributed by atoms with E-state index < -0.39 is 0 Å². The Morgan fingerprint density at radius 2 is 2.31 bits per heavy atom. The molecule has 72 valence electrons. The van der Waals surface area contributed by atoms with Gasteiger partial charge in [0.2, 0.25) is 0 Å². The highest BCUT2D eigenvalue weighted by atomic mass is 16.5. The summed E-state index contributed by atoms with van der Waals surface area (Å²) in [4.78, 5) is 0. The number of allylic oxidation sites excluding steroid dienone is 3. The molecule has 1 aromatic rings. The average molecular weight is 179 g/mol. The lowest BCUT2D eigenvalue weighted by Crippen LogP contribution is -1.76. The molecule has 13 heavy (non-hydrogen) atoms. The number of hydrogen-bond donors (Lipinski definition) is 0. The van der Waals surface area contributed by atoms with Gasteiger partial charge in [-0.3, -0.25) is 0 Å². The number of hydrogen-bond acceptors (Lipinski definition) is 2. The van der Waals surface area contributed by atoms with E-state index in [4.69, 9.17) is 4.52 Å². The maximum Gasteiger partial charge on any atom is 0.162 e. The maximum atomic E-state index is 4.97. The fourth-order valence-electron chi connectivity index (χ4n) is 0.898. The quantitative estimate of drug-likeness (QED) is 0.661. The van der Waals surface area contributed by atoms with Gasteiger partial charge >= 0.3 is 0 Å². The molecule has 1 aromatic heterocycles. The molecule has 0 aliphatic heterocycles. The highest BCUT2D eigenvalue weighted by Crippen LogP contribution is 2.16. The highest BCUT2D eigenvalue weighted by Gasteiger charge is 2.00. The highest BCUT2D eigenvalue weighted by molar-refractivity contribution is 5.62. The van der Waals surface area contributed by atoms with Gasteiger partial charge in [0.15, 0.2) is 5.76 Å². The Hall–Kier alpha value is -1.31. The normalized spacial score (nSPS) is 10.2. The smallest absolute Gasteiger partial charge is 0.162 e. The zero-order chi connectivity index (χ0) is 10.1. The summed E-state index contributed by atoms with van der Waals surface area (Å²) in [5, 5.41) is 3.62. The van der Waals surface area contributed by atoms with Crippen molar-refractivity contribution in [1.29, 1.82) is 0 Å². The summed E-state index contributed by atoms with van der Waals surface area (Å²) in [6.45, 7) is 9.69. The zero-order valence-corrected chi connectivity index (χ0v) is 8.58. The van der Waals surface area contributed by atoms with Gasteiger partial charge in [-0.25, -0.2) is 0 Å². The molecule has 0 amide bonds. The molecule has 0 atom stereocenters. The molecule has 0 aromatic carbocycles. The Bertz CT molecular complexity index is 247. The molecule has 2 nitrogen and oxygen atoms in total. The molecule has 0 fully saturated rings. The first-order chi connectivity index (χ1) is 6.38. The van der Waals surface area contributed by atoms with Gasteiger partial charge in [0, 0.05) is 6.07 Å². The van der Waals surface area contributed by atoms with E-state index in [1.165, 1.54) is 0 Å². The van der Waals surface area contributed by atoms with Gasteiger partial charge in [0.25, 0.3) is 0 Å². The fraction of sp³-hybridized carbons (Fsp3) is 0.364. The van der Waals surface area contributed by atoms with E-state index in [1.807, 2.05) is 26.0 Å². The van der Waals surface area contributed by atoms with Crippen molar-refractivity contribution >= 4 is 5.57 Å². The molecule has 0 spiro atoms. The fourth-order valence-corrected chi connectivity index (χ4v) is 0.898. The topological polar surface area (TPSA) is 26.0 Å². The van der Waals surface area contributed by atoms with Crippen molar-refractivity contribution in [3.63, 3.8) is 0 Å². The van der Waals surface area contributed by atoms with Gasteiger partial charge in [-0.1, -0.05) is 44.7 Å². The van der Waals surface area contributed by atoms with Crippen molar-refractivity contribution in [1.82, 2.24) is 5.16 Å². The van der Waals surface area contributed by atoms with Crippen molar-refractivity contribution < 1.29 is 4.52 Å². The van der Waals surface area contributed by atoms with E-state index in [1.54, 1.807) is 12.3 Å². The third-order valence-electron chi connectivity index (χ3n) is 1.45. The second-order valence-electron chi connectivity index (χ2n) is 2.16. The number of nitrogens with zero attached hydrogens (tertiary/aromatic N) is 1. The Kier molecular flexibility index (Phi) is 6.60. The molecular formula is C11H17NO. The summed E-state index contributed by atoms with van der Waals surface area (Å²) in [5.41, 5.74) is 1.12. The van der Waals surface area contributed by atoms with Crippen LogP contribution >= 0.6 is 0 Å². The Labute approximate surface area is 79.9 Å². The van der Waals surface area contributed by atoms with E-state index in [-0.39, 0.29) is 0 Å². The summed E-state index contributed by atoms with van der Waals surface area (Å²) in [5.74, 6) is 0.826. The van der Waals surface area contributed by atoms with Gasteiger partial charge in [0.05, 0.1) is 6.20 Å². The predicted molar refractivity (Wildman–Crippen MR) is 56.3 cm³/mol. The summed E-state index contributed by atoms with van der Waals surface area (Å²) in [6.07, 6.45) is 6.25. The molecule has 0 radical (unpaired) electrons. The SMILES string of the molecule is C=C/C=C(\CC)c1ccno1.CC. The molecule has 1 heterocycles. The van der Waals surface area contributed by atoms with Crippen LogP contribution in [0.15, 0.2) is 35.5 Å². The third-order valence-corrected chi connectivity index (χ3v) is 1.45. The van der Waals surface area contributed by atoms with Crippen LogP contribution in [0, 0.1) is 0 Å². The molecule has 0 unspecified atom stereocenters. The maximum absolute atomic E-state index is 4.97. The first kappa shape index (κ1) is 11.7. The average Bonchev–Trinajstić information content (AvgIpc) is 2.70. The summed E-state index contributed by atoms with van der Waals surface area (Å²) in [7, 11) is 0. The van der Waals surface area contributed by atoms with Gasteiger partial charge in [-0.2, -0.15) is 0 Å². The van der Waals surface area contributed by atoms with E-state index >= 15 is 0 Å². The summed E-state index contributed by atoms with van der Waals surface area (Å²) >= 11 is 0. The first-order valence-electron chi connectivity index (χ1n) is 4.61. The lowest BCUT2D eigenvalue weighted by Gasteiger charge is -1.94. The lowest BCUT2D eigenvalue weighted by molar-refractivity contribution is 0.409. The molecule has 0 saturated heterocycles. The van der Waals surface area contributed by atoms with Crippen molar-refractivity contribution in [2.75, 3.05) is 0 Å². The summed E-state index contributed by atoms with van der Waals surface area (Å²) < 4.78 is 4.97. The van der Waals surface area contributed by atoms with Crippen LogP contribution < -0.4 is 0 Å². The first-order valence-corrected chi connectivity index (χ1v) is 4.61. The van der Waals surface area contributed by atoms with Crippen LogP contribution in [-0.2, 0) is 0 Å². The Balaban J connectivity index is 0.000000671. The van der Waals surface area contributed by atoms with Gasteiger partial charge < -0.3 is 4.52 Å². The van der Waals surface area contributed by atoms with Crippen molar-refractivity contribution in [2.24, 2.45) is 0 Å². The minimum atomic E-state index is 0.826. The predicted octanol–water partition coefficient (Wildman–Crippen LogP) is 3.68. The van der Waals surface area contributed by atoms with Crippen LogP contribution in [0.2, 0.25) is 0 Å². The van der Waals surface area contributed by atoms with Crippen LogP contribution in [-0.4, -0.2) is 5.16 Å². The molecule has 0 aliphatic rings. The van der Waals surface area contributed by atoms with E-state index in [9.17, 15) is 0 Å². The van der Waals surface area contributed by atoms with Crippen LogP contribution in [0.3, 0.4) is 0 Å². The van der Waals surface area contributed by atoms with E-state index in [0.29, 0.717) is 0 Å². The van der Waals surface area contributed by atoms with Crippen LogP contribution in [0.5, 0.6) is 0 Å². The molecule has 0 aliphatic carbocycles. The second kappa shape index (κ2) is 7.35. The molecule has 2 heteroatoms. The zero-order valence-electron chi connectivity index (χ0n) is 8.58. The monoisotopic (exact) mass is 179 g/mol. The molecule has 0 saturated carbocycles.